The van der Waals surface area contributed by atoms with Gasteiger partial charge in [-0.05, 0) is 26.2 Å². The zero-order valence-corrected chi connectivity index (χ0v) is 10.1. The molecule has 0 aromatic rings. The van der Waals surface area contributed by atoms with Gasteiger partial charge in [-0.3, -0.25) is 4.99 Å². The van der Waals surface area contributed by atoms with Crippen molar-refractivity contribution in [2.24, 2.45) is 10.4 Å². The molecule has 14 heavy (non-hydrogen) atoms. The molecule has 2 heteroatoms. The number of halogens is 1. The van der Waals surface area contributed by atoms with Crippen LogP contribution in [0.3, 0.4) is 0 Å². The fourth-order valence-corrected chi connectivity index (χ4v) is 1.95. The Hall–Kier alpha value is -0.300. The van der Waals surface area contributed by atoms with E-state index >= 15 is 0 Å². The summed E-state index contributed by atoms with van der Waals surface area (Å²) in [4.78, 5) is 4.52. The average Bonchev–Trinajstić information content (AvgIpc) is 2.19. The molecule has 0 amide bonds. The highest BCUT2D eigenvalue weighted by atomic mass is 35.5. The summed E-state index contributed by atoms with van der Waals surface area (Å²) in [5.74, 6) is 0. The van der Waals surface area contributed by atoms with Crippen LogP contribution >= 0.6 is 11.6 Å². The number of hydrogen-bond acceptors (Lipinski definition) is 1. The average molecular weight is 214 g/mol. The lowest BCUT2D eigenvalue weighted by Gasteiger charge is -2.29. The molecule has 1 aliphatic heterocycles. The number of aliphatic imine (C=N–C) groups is 1. The Bertz CT molecular complexity index is 237. The third kappa shape index (κ3) is 2.84. The summed E-state index contributed by atoms with van der Waals surface area (Å²) >= 11 is 5.94. The van der Waals surface area contributed by atoms with E-state index in [2.05, 4.69) is 31.1 Å². The number of rotatable bonds is 4. The number of alkyl halides is 1. The molecule has 0 bridgehead atoms. The van der Waals surface area contributed by atoms with Crippen molar-refractivity contribution in [1.29, 1.82) is 0 Å². The number of nitrogens with zero attached hydrogens (tertiary/aromatic N) is 1. The summed E-state index contributed by atoms with van der Waals surface area (Å²) in [7, 11) is 0. The zero-order valence-electron chi connectivity index (χ0n) is 9.39. The lowest BCUT2D eigenvalue weighted by Crippen LogP contribution is -2.22. The Labute approximate surface area is 92.3 Å². The summed E-state index contributed by atoms with van der Waals surface area (Å²) in [6.45, 7) is 6.48. The minimum absolute atomic E-state index is 0.189. The van der Waals surface area contributed by atoms with Crippen molar-refractivity contribution < 1.29 is 0 Å². The summed E-state index contributed by atoms with van der Waals surface area (Å²) in [5.41, 5.74) is 1.48. The van der Waals surface area contributed by atoms with E-state index < -0.39 is 0 Å². The third-order valence-corrected chi connectivity index (χ3v) is 3.30. The van der Waals surface area contributed by atoms with Crippen molar-refractivity contribution in [1.82, 2.24) is 0 Å². The maximum absolute atomic E-state index is 5.94. The van der Waals surface area contributed by atoms with Crippen LogP contribution in [0.25, 0.3) is 0 Å². The second-order valence-electron chi connectivity index (χ2n) is 4.21. The summed E-state index contributed by atoms with van der Waals surface area (Å²) in [6.07, 6.45) is 8.76. The molecule has 1 rings (SSSR count). The van der Waals surface area contributed by atoms with Crippen LogP contribution in [0, 0.1) is 5.41 Å². The first kappa shape index (κ1) is 11.8. The monoisotopic (exact) mass is 213 g/mol. The second kappa shape index (κ2) is 4.97. The zero-order chi connectivity index (χ0) is 10.6. The van der Waals surface area contributed by atoms with E-state index in [0.717, 1.165) is 18.5 Å². The molecule has 1 atom stereocenters. The first-order chi connectivity index (χ1) is 6.62. The molecule has 1 heterocycles. The summed E-state index contributed by atoms with van der Waals surface area (Å²) in [6, 6.07) is 0. The van der Waals surface area contributed by atoms with Crippen LogP contribution in [0.2, 0.25) is 0 Å². The molecule has 1 aliphatic rings. The SMILES string of the molecule is CCC1(CC)C=NC(CC(C)Cl)=CC1. The van der Waals surface area contributed by atoms with Gasteiger partial charge in [0.15, 0.2) is 0 Å². The van der Waals surface area contributed by atoms with Crippen molar-refractivity contribution in [3.05, 3.63) is 11.8 Å². The smallest absolute Gasteiger partial charge is 0.0375 e. The molecule has 0 aromatic heterocycles. The second-order valence-corrected chi connectivity index (χ2v) is 4.96. The highest BCUT2D eigenvalue weighted by Gasteiger charge is 2.25. The fraction of sp³-hybridized carbons (Fsp3) is 0.750. The fourth-order valence-electron chi connectivity index (χ4n) is 1.79. The number of hydrogen-bond donors (Lipinski definition) is 0. The van der Waals surface area contributed by atoms with Gasteiger partial charge in [0.05, 0.1) is 0 Å². The molecule has 1 unspecified atom stereocenters. The van der Waals surface area contributed by atoms with Gasteiger partial charge < -0.3 is 0 Å². The van der Waals surface area contributed by atoms with E-state index in [9.17, 15) is 0 Å². The molecule has 0 aromatic carbocycles. The molecule has 0 aliphatic carbocycles. The molecule has 0 radical (unpaired) electrons. The van der Waals surface area contributed by atoms with Crippen LogP contribution in [-0.4, -0.2) is 11.6 Å². The quantitative estimate of drug-likeness (QED) is 0.622. The Morgan fingerprint density at radius 2 is 2.14 bits per heavy atom. The van der Waals surface area contributed by atoms with E-state index in [1.165, 1.54) is 12.8 Å². The molecule has 0 fully saturated rings. The molecular weight excluding hydrogens is 194 g/mol. The van der Waals surface area contributed by atoms with Crippen LogP contribution in [0.1, 0.15) is 46.5 Å². The highest BCUT2D eigenvalue weighted by molar-refractivity contribution is 6.20. The van der Waals surface area contributed by atoms with Crippen molar-refractivity contribution >= 4 is 17.8 Å². The maximum Gasteiger partial charge on any atom is 0.0375 e. The molecule has 1 nitrogen and oxygen atoms in total. The molecule has 0 saturated heterocycles. The predicted molar refractivity (Wildman–Crippen MR) is 64.1 cm³/mol. The van der Waals surface area contributed by atoms with Gasteiger partial charge in [-0.15, -0.1) is 11.6 Å². The lowest BCUT2D eigenvalue weighted by atomic mass is 9.79. The van der Waals surface area contributed by atoms with Gasteiger partial charge in [0.2, 0.25) is 0 Å². The van der Waals surface area contributed by atoms with Crippen molar-refractivity contribution in [3.63, 3.8) is 0 Å². The van der Waals surface area contributed by atoms with Crippen LogP contribution in [0.15, 0.2) is 16.8 Å². The van der Waals surface area contributed by atoms with Crippen LogP contribution in [0.5, 0.6) is 0 Å². The Morgan fingerprint density at radius 1 is 1.50 bits per heavy atom. The maximum atomic E-state index is 5.94. The van der Waals surface area contributed by atoms with Crippen LogP contribution in [0.4, 0.5) is 0 Å². The Balaban J connectivity index is 2.60. The van der Waals surface area contributed by atoms with Gasteiger partial charge in [0.25, 0.3) is 0 Å². The van der Waals surface area contributed by atoms with Gasteiger partial charge in [-0.1, -0.05) is 19.9 Å². The van der Waals surface area contributed by atoms with Gasteiger partial charge in [0, 0.05) is 29.1 Å². The van der Waals surface area contributed by atoms with E-state index in [-0.39, 0.29) is 5.38 Å². The van der Waals surface area contributed by atoms with Crippen LogP contribution in [-0.2, 0) is 0 Å². The van der Waals surface area contributed by atoms with Crippen molar-refractivity contribution in [2.45, 2.75) is 51.8 Å². The van der Waals surface area contributed by atoms with Gasteiger partial charge in [-0.2, -0.15) is 0 Å². The van der Waals surface area contributed by atoms with E-state index in [1.54, 1.807) is 0 Å². The summed E-state index contributed by atoms with van der Waals surface area (Å²) in [5, 5.41) is 0.189. The summed E-state index contributed by atoms with van der Waals surface area (Å²) < 4.78 is 0. The van der Waals surface area contributed by atoms with Gasteiger partial charge in [0.1, 0.15) is 0 Å². The van der Waals surface area contributed by atoms with Crippen molar-refractivity contribution in [2.75, 3.05) is 0 Å². The minimum Gasteiger partial charge on any atom is -0.265 e. The number of allylic oxidation sites excluding steroid dienone is 2. The van der Waals surface area contributed by atoms with E-state index in [1.807, 2.05) is 6.92 Å². The molecule has 80 valence electrons. The van der Waals surface area contributed by atoms with Gasteiger partial charge >= 0.3 is 0 Å². The molecular formula is C12H20ClN. The highest BCUT2D eigenvalue weighted by Crippen LogP contribution is 2.33. The first-order valence-corrected chi connectivity index (χ1v) is 5.94. The topological polar surface area (TPSA) is 12.4 Å². The van der Waals surface area contributed by atoms with Gasteiger partial charge in [-0.25, -0.2) is 0 Å². The minimum atomic E-state index is 0.189. The normalized spacial score (nSPS) is 21.9. The standard InChI is InChI=1S/C12H20ClN/c1-4-12(5-2)7-6-11(14-9-12)8-10(3)13/h6,9-10H,4-5,7-8H2,1-3H3. The first-order valence-electron chi connectivity index (χ1n) is 5.50. The lowest BCUT2D eigenvalue weighted by molar-refractivity contribution is 0.397. The van der Waals surface area contributed by atoms with E-state index in [4.69, 9.17) is 11.6 Å². The van der Waals surface area contributed by atoms with E-state index in [0.29, 0.717) is 5.41 Å². The molecule has 0 saturated carbocycles. The van der Waals surface area contributed by atoms with Crippen molar-refractivity contribution in [3.8, 4) is 0 Å². The predicted octanol–water partition coefficient (Wildman–Crippen LogP) is 4.17. The molecule has 0 N–H and O–H groups in total. The Kier molecular flexibility index (Phi) is 4.18. The molecule has 0 spiro atoms. The Morgan fingerprint density at radius 3 is 2.50 bits per heavy atom. The van der Waals surface area contributed by atoms with Crippen LogP contribution < -0.4 is 0 Å². The third-order valence-electron chi connectivity index (χ3n) is 3.15. The largest absolute Gasteiger partial charge is 0.265 e.